The smallest absolute Gasteiger partial charge is 0.295 e. The summed E-state index contributed by atoms with van der Waals surface area (Å²) in [5.41, 5.74) is 1.94. The van der Waals surface area contributed by atoms with Crippen molar-refractivity contribution in [3.63, 3.8) is 0 Å². The Hall–Kier alpha value is -3.77. The van der Waals surface area contributed by atoms with Crippen LogP contribution in [0, 0.1) is 0 Å². The van der Waals surface area contributed by atoms with E-state index in [0.29, 0.717) is 28.3 Å². The van der Waals surface area contributed by atoms with Gasteiger partial charge in [0.25, 0.3) is 11.7 Å². The van der Waals surface area contributed by atoms with E-state index in [1.807, 2.05) is 26.0 Å². The molecule has 35 heavy (non-hydrogen) atoms. The van der Waals surface area contributed by atoms with Gasteiger partial charge in [0.1, 0.15) is 17.3 Å². The number of aromatic hydroxyl groups is 1. The van der Waals surface area contributed by atoms with Gasteiger partial charge in [-0.25, -0.2) is 0 Å². The minimum Gasteiger partial charge on any atom is -0.508 e. The second-order valence-electron chi connectivity index (χ2n) is 8.65. The van der Waals surface area contributed by atoms with Gasteiger partial charge in [0, 0.05) is 17.1 Å². The van der Waals surface area contributed by atoms with E-state index >= 15 is 0 Å². The number of phenolic OH excluding ortho intramolecular Hbond substituents is 1. The van der Waals surface area contributed by atoms with E-state index in [2.05, 4.69) is 0 Å². The fourth-order valence-corrected chi connectivity index (χ4v) is 4.28. The van der Waals surface area contributed by atoms with Crippen molar-refractivity contribution in [2.45, 2.75) is 32.4 Å². The number of likely N-dealkylation sites (tertiary alicyclic amines) is 1. The predicted octanol–water partition coefficient (Wildman–Crippen LogP) is 5.50. The normalized spacial score (nSPS) is 17.3. The van der Waals surface area contributed by atoms with Crippen molar-refractivity contribution in [3.8, 4) is 11.5 Å². The lowest BCUT2D eigenvalue weighted by molar-refractivity contribution is -0.139. The van der Waals surface area contributed by atoms with Crippen LogP contribution in [0.1, 0.15) is 36.6 Å². The Balaban J connectivity index is 1.76. The van der Waals surface area contributed by atoms with Crippen molar-refractivity contribution >= 4 is 29.1 Å². The number of aliphatic hydroxyl groups is 1. The van der Waals surface area contributed by atoms with E-state index in [-0.39, 0.29) is 29.7 Å². The number of Topliss-reactive ketones (excluding diaryl/α,β-unsaturated/α-hetero) is 1. The molecule has 3 aromatic carbocycles. The first-order chi connectivity index (χ1) is 16.7. The van der Waals surface area contributed by atoms with Crippen molar-refractivity contribution < 1.29 is 24.5 Å². The molecule has 1 unspecified atom stereocenters. The van der Waals surface area contributed by atoms with E-state index in [4.69, 9.17) is 16.3 Å². The van der Waals surface area contributed by atoms with Gasteiger partial charge in [-0.3, -0.25) is 9.59 Å². The zero-order valence-electron chi connectivity index (χ0n) is 19.4. The largest absolute Gasteiger partial charge is 0.508 e. The summed E-state index contributed by atoms with van der Waals surface area (Å²) < 4.78 is 5.72. The van der Waals surface area contributed by atoms with Crippen LogP contribution in [-0.4, -0.2) is 39.5 Å². The summed E-state index contributed by atoms with van der Waals surface area (Å²) >= 11 is 5.98. The Morgan fingerprint density at radius 2 is 1.71 bits per heavy atom. The Morgan fingerprint density at radius 1 is 1.03 bits per heavy atom. The number of rotatable bonds is 7. The van der Waals surface area contributed by atoms with Crippen LogP contribution in [0.2, 0.25) is 5.02 Å². The van der Waals surface area contributed by atoms with Gasteiger partial charge >= 0.3 is 0 Å². The molecule has 0 bridgehead atoms. The zero-order chi connectivity index (χ0) is 25.1. The molecular weight excluding hydrogens is 466 g/mol. The summed E-state index contributed by atoms with van der Waals surface area (Å²) in [5.74, 6) is -1.11. The minimum absolute atomic E-state index is 0.00140. The number of amides is 1. The first-order valence-corrected chi connectivity index (χ1v) is 11.7. The van der Waals surface area contributed by atoms with Gasteiger partial charge < -0.3 is 19.8 Å². The molecule has 1 amide bonds. The lowest BCUT2D eigenvalue weighted by Gasteiger charge is -2.25. The van der Waals surface area contributed by atoms with E-state index in [1.165, 1.54) is 17.0 Å². The molecule has 1 atom stereocenters. The molecule has 2 N–H and O–H groups in total. The van der Waals surface area contributed by atoms with Gasteiger partial charge in [-0.1, -0.05) is 48.0 Å². The fourth-order valence-electron chi connectivity index (χ4n) is 4.16. The first kappa shape index (κ1) is 24.4. The summed E-state index contributed by atoms with van der Waals surface area (Å²) in [6.45, 7) is 4.04. The molecule has 1 heterocycles. The van der Waals surface area contributed by atoms with Gasteiger partial charge in [-0.05, 0) is 67.8 Å². The van der Waals surface area contributed by atoms with Crippen molar-refractivity contribution in [1.29, 1.82) is 0 Å². The number of nitrogens with zero attached hydrogens (tertiary/aromatic N) is 1. The van der Waals surface area contributed by atoms with Gasteiger partial charge in [-0.2, -0.15) is 0 Å². The molecule has 1 saturated heterocycles. The number of hydrogen-bond donors (Lipinski definition) is 2. The van der Waals surface area contributed by atoms with Crippen LogP contribution in [0.5, 0.6) is 11.5 Å². The van der Waals surface area contributed by atoms with Crippen LogP contribution in [0.15, 0.2) is 78.4 Å². The summed E-state index contributed by atoms with van der Waals surface area (Å²) in [6, 6.07) is 19.5. The Morgan fingerprint density at radius 3 is 2.37 bits per heavy atom. The Bertz CT molecular complexity index is 1270. The van der Waals surface area contributed by atoms with Crippen molar-refractivity contribution in [2.24, 2.45) is 0 Å². The highest BCUT2D eigenvalue weighted by Crippen LogP contribution is 2.40. The molecule has 7 heteroatoms. The standard InChI is InChI=1S/C28H26ClNO5/c1-17(2)35-23-5-3-4-20(16-23)26(32)24-25(19-8-12-22(31)13-9-19)30(28(34)27(24)33)15-14-18-6-10-21(29)11-7-18/h3-13,16-17,25,31-32H,14-15H2,1-2H3/b26-24-. The van der Waals surface area contributed by atoms with E-state index in [1.54, 1.807) is 48.5 Å². The van der Waals surface area contributed by atoms with Crippen LogP contribution in [0.25, 0.3) is 5.76 Å². The van der Waals surface area contributed by atoms with Gasteiger partial charge in [0.05, 0.1) is 17.7 Å². The lowest BCUT2D eigenvalue weighted by atomic mass is 9.95. The number of phenols is 1. The number of carbonyl (C=O) groups is 2. The Labute approximate surface area is 209 Å². The highest BCUT2D eigenvalue weighted by molar-refractivity contribution is 6.46. The predicted molar refractivity (Wildman–Crippen MR) is 134 cm³/mol. The third-order valence-corrected chi connectivity index (χ3v) is 6.03. The summed E-state index contributed by atoms with van der Waals surface area (Å²) in [4.78, 5) is 27.8. The van der Waals surface area contributed by atoms with Crippen molar-refractivity contribution in [3.05, 3.63) is 100 Å². The molecule has 6 nitrogen and oxygen atoms in total. The van der Waals surface area contributed by atoms with Crippen LogP contribution in [-0.2, 0) is 16.0 Å². The van der Waals surface area contributed by atoms with Crippen LogP contribution in [0.3, 0.4) is 0 Å². The van der Waals surface area contributed by atoms with Crippen molar-refractivity contribution in [1.82, 2.24) is 4.90 Å². The molecule has 0 aliphatic carbocycles. The fraction of sp³-hybridized carbons (Fsp3) is 0.214. The van der Waals surface area contributed by atoms with Crippen LogP contribution >= 0.6 is 11.6 Å². The van der Waals surface area contributed by atoms with E-state index < -0.39 is 17.7 Å². The highest BCUT2D eigenvalue weighted by Gasteiger charge is 2.45. The molecule has 0 aromatic heterocycles. The maximum absolute atomic E-state index is 13.2. The average molecular weight is 492 g/mol. The third kappa shape index (κ3) is 5.33. The molecule has 0 spiro atoms. The molecule has 180 valence electrons. The zero-order valence-corrected chi connectivity index (χ0v) is 20.2. The molecule has 0 radical (unpaired) electrons. The number of ether oxygens (including phenoxy) is 1. The van der Waals surface area contributed by atoms with Gasteiger partial charge in [0.2, 0.25) is 0 Å². The van der Waals surface area contributed by atoms with Crippen LogP contribution in [0.4, 0.5) is 0 Å². The maximum Gasteiger partial charge on any atom is 0.295 e. The first-order valence-electron chi connectivity index (χ1n) is 11.3. The third-order valence-electron chi connectivity index (χ3n) is 5.78. The summed E-state index contributed by atoms with van der Waals surface area (Å²) in [6.07, 6.45) is 0.430. The average Bonchev–Trinajstić information content (AvgIpc) is 3.08. The second kappa shape index (κ2) is 10.2. The van der Waals surface area contributed by atoms with Crippen molar-refractivity contribution in [2.75, 3.05) is 6.54 Å². The number of benzene rings is 3. The Kier molecular flexibility index (Phi) is 7.12. The summed E-state index contributed by atoms with van der Waals surface area (Å²) in [7, 11) is 0. The number of halogens is 1. The van der Waals surface area contributed by atoms with E-state index in [9.17, 15) is 19.8 Å². The number of hydrogen-bond acceptors (Lipinski definition) is 5. The van der Waals surface area contributed by atoms with E-state index in [0.717, 1.165) is 5.56 Å². The molecular formula is C28H26ClNO5. The summed E-state index contributed by atoms with van der Waals surface area (Å²) in [5, 5.41) is 21.6. The topological polar surface area (TPSA) is 87.1 Å². The second-order valence-corrected chi connectivity index (χ2v) is 9.09. The minimum atomic E-state index is -0.808. The quantitative estimate of drug-likeness (QED) is 0.259. The number of carbonyl (C=O) groups excluding carboxylic acids is 2. The van der Waals surface area contributed by atoms with Crippen LogP contribution < -0.4 is 4.74 Å². The SMILES string of the molecule is CC(C)Oc1cccc(/C(O)=C2/C(=O)C(=O)N(CCc3ccc(Cl)cc3)C2c2ccc(O)cc2)c1. The maximum atomic E-state index is 13.2. The highest BCUT2D eigenvalue weighted by atomic mass is 35.5. The molecule has 1 aliphatic rings. The van der Waals surface area contributed by atoms with Gasteiger partial charge in [0.15, 0.2) is 0 Å². The monoisotopic (exact) mass is 491 g/mol. The molecule has 3 aromatic rings. The molecule has 0 saturated carbocycles. The number of aliphatic hydroxyl groups excluding tert-OH is 1. The molecule has 1 fully saturated rings. The lowest BCUT2D eigenvalue weighted by Crippen LogP contribution is -2.31. The number of ketones is 1. The molecule has 4 rings (SSSR count). The van der Waals surface area contributed by atoms with Gasteiger partial charge in [-0.15, -0.1) is 0 Å². The molecule has 1 aliphatic heterocycles.